The number of hydrogen-bond donors (Lipinski definition) is 1. The highest BCUT2D eigenvalue weighted by atomic mass is 14.8. The maximum Gasteiger partial charge on any atom is 0.0337 e. The highest BCUT2D eigenvalue weighted by Crippen LogP contribution is 2.20. The molecule has 22 heavy (non-hydrogen) atoms. The summed E-state index contributed by atoms with van der Waals surface area (Å²) < 4.78 is 0. The molecule has 0 aliphatic heterocycles. The molecule has 0 saturated heterocycles. The van der Waals surface area contributed by atoms with E-state index < -0.39 is 0 Å². The van der Waals surface area contributed by atoms with Gasteiger partial charge in [0.05, 0.1) is 0 Å². The van der Waals surface area contributed by atoms with E-state index in [1.807, 2.05) is 73.8 Å². The molecule has 0 aliphatic rings. The monoisotopic (exact) mass is 287 g/mol. The maximum absolute atomic E-state index is 4.10. The number of para-hydroxylation sites is 1. The van der Waals surface area contributed by atoms with E-state index in [0.717, 1.165) is 11.3 Å². The van der Waals surface area contributed by atoms with Crippen LogP contribution in [0.2, 0.25) is 0 Å². The summed E-state index contributed by atoms with van der Waals surface area (Å²) >= 11 is 0. The zero-order valence-electron chi connectivity index (χ0n) is 12.9. The molecule has 0 aromatic heterocycles. The molecule has 1 N–H and O–H groups in total. The fourth-order valence-electron chi connectivity index (χ4n) is 2.05. The molecule has 0 atom stereocenters. The van der Waals surface area contributed by atoms with Gasteiger partial charge in [-0.2, -0.15) is 0 Å². The summed E-state index contributed by atoms with van der Waals surface area (Å²) in [6.07, 6.45) is 0. The van der Waals surface area contributed by atoms with Crippen LogP contribution in [-0.2, 0) is 0 Å². The van der Waals surface area contributed by atoms with Crippen molar-refractivity contribution >= 4 is 11.3 Å². The first-order chi connectivity index (χ1) is 10.8. The Kier molecular flexibility index (Phi) is 6.01. The second-order valence-electron chi connectivity index (χ2n) is 4.83. The number of rotatable bonds is 3. The lowest BCUT2D eigenvalue weighted by atomic mass is 10.0. The smallest absolute Gasteiger partial charge is 0.0337 e. The maximum atomic E-state index is 4.10. The summed E-state index contributed by atoms with van der Waals surface area (Å²) in [5, 5.41) is 3.03. The minimum atomic E-state index is 1.08. The Morgan fingerprint density at radius 2 is 1.00 bits per heavy atom. The molecule has 3 aromatic rings. The average molecular weight is 287 g/mol. The Balaban J connectivity index is 0.000000188. The molecule has 3 aromatic carbocycles. The van der Waals surface area contributed by atoms with Gasteiger partial charge in [0, 0.05) is 12.7 Å². The van der Waals surface area contributed by atoms with Crippen LogP contribution in [0.25, 0.3) is 5.57 Å². The molecule has 0 amide bonds. The Morgan fingerprint density at radius 3 is 1.32 bits per heavy atom. The Morgan fingerprint density at radius 1 is 0.636 bits per heavy atom. The number of hydrogen-bond acceptors (Lipinski definition) is 1. The highest BCUT2D eigenvalue weighted by molar-refractivity contribution is 5.77. The normalized spacial score (nSPS) is 9.32. The number of benzene rings is 3. The van der Waals surface area contributed by atoms with Crippen molar-refractivity contribution in [3.8, 4) is 0 Å². The Labute approximate surface area is 133 Å². The molecular weight excluding hydrogens is 266 g/mol. The summed E-state index contributed by atoms with van der Waals surface area (Å²) in [5.74, 6) is 0. The highest BCUT2D eigenvalue weighted by Gasteiger charge is 1.99. The fourth-order valence-corrected chi connectivity index (χ4v) is 2.05. The quantitative estimate of drug-likeness (QED) is 0.673. The van der Waals surface area contributed by atoms with Gasteiger partial charge in [-0.05, 0) is 28.8 Å². The van der Waals surface area contributed by atoms with Gasteiger partial charge >= 0.3 is 0 Å². The average Bonchev–Trinajstić information content (AvgIpc) is 2.64. The summed E-state index contributed by atoms with van der Waals surface area (Å²) in [6, 6.07) is 30.5. The topological polar surface area (TPSA) is 12.0 Å². The molecule has 0 unspecified atom stereocenters. The van der Waals surface area contributed by atoms with Crippen LogP contribution in [0.15, 0.2) is 97.6 Å². The van der Waals surface area contributed by atoms with Crippen molar-refractivity contribution in [1.29, 1.82) is 0 Å². The van der Waals surface area contributed by atoms with Gasteiger partial charge in [-0.25, -0.2) is 0 Å². The lowest BCUT2D eigenvalue weighted by Crippen LogP contribution is -1.84. The number of anilines is 1. The summed E-state index contributed by atoms with van der Waals surface area (Å²) in [5.41, 5.74) is 4.59. The molecule has 0 aliphatic carbocycles. The molecule has 110 valence electrons. The molecular formula is C21H21N. The van der Waals surface area contributed by atoms with Crippen molar-refractivity contribution in [2.45, 2.75) is 0 Å². The van der Waals surface area contributed by atoms with Gasteiger partial charge in [-0.1, -0.05) is 85.4 Å². The van der Waals surface area contributed by atoms with E-state index in [0.29, 0.717) is 0 Å². The predicted molar refractivity (Wildman–Crippen MR) is 97.0 cm³/mol. The van der Waals surface area contributed by atoms with Gasteiger partial charge < -0.3 is 5.32 Å². The number of nitrogens with one attached hydrogen (secondary N) is 1. The summed E-state index contributed by atoms with van der Waals surface area (Å²) in [6.45, 7) is 4.10. The largest absolute Gasteiger partial charge is 0.388 e. The van der Waals surface area contributed by atoms with E-state index in [1.165, 1.54) is 11.1 Å². The van der Waals surface area contributed by atoms with Crippen LogP contribution in [0.4, 0.5) is 5.69 Å². The van der Waals surface area contributed by atoms with E-state index >= 15 is 0 Å². The summed E-state index contributed by atoms with van der Waals surface area (Å²) in [4.78, 5) is 0. The van der Waals surface area contributed by atoms with E-state index in [4.69, 9.17) is 0 Å². The molecule has 0 radical (unpaired) electrons. The minimum absolute atomic E-state index is 1.08. The van der Waals surface area contributed by atoms with E-state index in [9.17, 15) is 0 Å². The lowest BCUT2D eigenvalue weighted by molar-refractivity contribution is 1.51. The fraction of sp³-hybridized carbons (Fsp3) is 0.0476. The molecule has 0 spiro atoms. The SMILES string of the molecule is C=C(c1ccccc1)c1ccccc1.CNc1ccccc1. The molecule has 0 bridgehead atoms. The van der Waals surface area contributed by atoms with Crippen LogP contribution < -0.4 is 5.32 Å². The van der Waals surface area contributed by atoms with Crippen molar-refractivity contribution in [3.63, 3.8) is 0 Å². The van der Waals surface area contributed by atoms with Crippen LogP contribution in [-0.4, -0.2) is 7.05 Å². The standard InChI is InChI=1S/C14H12.C7H9N/c1-12(13-8-4-2-5-9-13)14-10-6-3-7-11-14;1-8-7-5-3-2-4-6-7/h2-11H,1H2;2-6,8H,1H3. The second-order valence-corrected chi connectivity index (χ2v) is 4.83. The van der Waals surface area contributed by atoms with Gasteiger partial charge in [-0.15, -0.1) is 0 Å². The molecule has 0 fully saturated rings. The lowest BCUT2D eigenvalue weighted by Gasteiger charge is -2.04. The van der Waals surface area contributed by atoms with Crippen LogP contribution >= 0.6 is 0 Å². The van der Waals surface area contributed by atoms with E-state index in [1.54, 1.807) is 0 Å². The second kappa shape index (κ2) is 8.48. The van der Waals surface area contributed by atoms with Gasteiger partial charge in [0.1, 0.15) is 0 Å². The van der Waals surface area contributed by atoms with Crippen LogP contribution in [0.5, 0.6) is 0 Å². The first kappa shape index (κ1) is 15.6. The Bertz CT molecular complexity index is 631. The zero-order valence-corrected chi connectivity index (χ0v) is 12.9. The zero-order chi connectivity index (χ0) is 15.6. The minimum Gasteiger partial charge on any atom is -0.388 e. The third kappa shape index (κ3) is 4.64. The van der Waals surface area contributed by atoms with Crippen molar-refractivity contribution in [3.05, 3.63) is 109 Å². The predicted octanol–water partition coefficient (Wildman–Crippen LogP) is 5.48. The molecule has 1 heteroatoms. The Hall–Kier alpha value is -2.80. The molecule has 0 saturated carbocycles. The van der Waals surface area contributed by atoms with Crippen LogP contribution in [0.3, 0.4) is 0 Å². The van der Waals surface area contributed by atoms with Crippen molar-refractivity contribution in [2.75, 3.05) is 12.4 Å². The van der Waals surface area contributed by atoms with Gasteiger partial charge in [0.2, 0.25) is 0 Å². The third-order valence-electron chi connectivity index (χ3n) is 3.31. The van der Waals surface area contributed by atoms with Gasteiger partial charge in [-0.3, -0.25) is 0 Å². The van der Waals surface area contributed by atoms with Crippen LogP contribution in [0, 0.1) is 0 Å². The summed E-state index contributed by atoms with van der Waals surface area (Å²) in [7, 11) is 1.91. The van der Waals surface area contributed by atoms with Gasteiger partial charge in [0.25, 0.3) is 0 Å². The van der Waals surface area contributed by atoms with Crippen LogP contribution in [0.1, 0.15) is 11.1 Å². The van der Waals surface area contributed by atoms with Crippen molar-refractivity contribution in [1.82, 2.24) is 0 Å². The van der Waals surface area contributed by atoms with Crippen molar-refractivity contribution in [2.24, 2.45) is 0 Å². The molecule has 1 nitrogen and oxygen atoms in total. The van der Waals surface area contributed by atoms with Gasteiger partial charge in [0.15, 0.2) is 0 Å². The molecule has 3 rings (SSSR count). The third-order valence-corrected chi connectivity index (χ3v) is 3.31. The first-order valence-corrected chi connectivity index (χ1v) is 7.34. The van der Waals surface area contributed by atoms with E-state index in [2.05, 4.69) is 36.2 Å². The first-order valence-electron chi connectivity index (χ1n) is 7.34. The van der Waals surface area contributed by atoms with Crippen molar-refractivity contribution < 1.29 is 0 Å². The van der Waals surface area contributed by atoms with E-state index in [-0.39, 0.29) is 0 Å². The molecule has 0 heterocycles.